The molecular formula is C17H21IN4. The first kappa shape index (κ1) is 16.7. The molecule has 0 radical (unpaired) electrons. The minimum Gasteiger partial charge on any atom is -0.356 e. The molecule has 0 spiro atoms. The van der Waals surface area contributed by atoms with E-state index in [1.807, 2.05) is 24.4 Å². The van der Waals surface area contributed by atoms with Crippen LogP contribution in [0.1, 0.15) is 18.2 Å². The van der Waals surface area contributed by atoms with Gasteiger partial charge in [-0.15, -0.1) is 24.0 Å². The van der Waals surface area contributed by atoms with E-state index < -0.39 is 0 Å². The highest BCUT2D eigenvalue weighted by Crippen LogP contribution is 2.27. The van der Waals surface area contributed by atoms with Gasteiger partial charge in [-0.2, -0.15) is 0 Å². The molecule has 0 bridgehead atoms. The van der Waals surface area contributed by atoms with Crippen molar-refractivity contribution in [2.45, 2.75) is 19.9 Å². The van der Waals surface area contributed by atoms with Gasteiger partial charge in [0.05, 0.1) is 12.2 Å². The first-order valence-electron chi connectivity index (χ1n) is 7.42. The van der Waals surface area contributed by atoms with Crippen molar-refractivity contribution in [3.63, 3.8) is 0 Å². The molecule has 22 heavy (non-hydrogen) atoms. The Bertz CT molecular complexity index is 628. The monoisotopic (exact) mass is 408 g/mol. The molecule has 1 aliphatic rings. The third kappa shape index (κ3) is 3.76. The van der Waals surface area contributed by atoms with E-state index >= 15 is 0 Å². The Kier molecular flexibility index (Phi) is 6.18. The molecule has 0 aliphatic carbocycles. The number of benzene rings is 1. The number of guanidine groups is 1. The van der Waals surface area contributed by atoms with Crippen LogP contribution in [0.15, 0.2) is 53.7 Å². The predicted molar refractivity (Wildman–Crippen MR) is 102 cm³/mol. The molecule has 1 aromatic carbocycles. The number of nitrogens with zero attached hydrogens (tertiary/aromatic N) is 3. The van der Waals surface area contributed by atoms with Gasteiger partial charge in [-0.3, -0.25) is 4.98 Å². The molecular weight excluding hydrogens is 387 g/mol. The summed E-state index contributed by atoms with van der Waals surface area (Å²) in [5.74, 6) is 0.938. The van der Waals surface area contributed by atoms with Gasteiger partial charge < -0.3 is 10.2 Å². The zero-order chi connectivity index (χ0) is 14.5. The Hall–Kier alpha value is -1.63. The first-order valence-corrected chi connectivity index (χ1v) is 7.42. The lowest BCUT2D eigenvalue weighted by Crippen LogP contribution is -2.40. The van der Waals surface area contributed by atoms with E-state index in [-0.39, 0.29) is 24.0 Å². The third-order valence-electron chi connectivity index (χ3n) is 3.59. The zero-order valence-electron chi connectivity index (χ0n) is 12.7. The normalized spacial score (nSPS) is 13.5. The number of aromatic nitrogens is 1. The summed E-state index contributed by atoms with van der Waals surface area (Å²) in [6.45, 7) is 4.53. The van der Waals surface area contributed by atoms with Crippen molar-refractivity contribution in [2.75, 3.05) is 18.0 Å². The maximum atomic E-state index is 4.73. The van der Waals surface area contributed by atoms with Gasteiger partial charge in [0.25, 0.3) is 0 Å². The number of anilines is 1. The van der Waals surface area contributed by atoms with E-state index in [0.29, 0.717) is 6.54 Å². The van der Waals surface area contributed by atoms with Gasteiger partial charge in [-0.25, -0.2) is 4.99 Å². The minimum absolute atomic E-state index is 0. The van der Waals surface area contributed by atoms with Gasteiger partial charge in [0.15, 0.2) is 5.96 Å². The second kappa shape index (κ2) is 8.12. The molecule has 0 saturated heterocycles. The van der Waals surface area contributed by atoms with E-state index in [1.54, 1.807) is 0 Å². The van der Waals surface area contributed by atoms with Crippen LogP contribution in [0, 0.1) is 0 Å². The molecule has 3 rings (SSSR count). The number of aliphatic imine (C=N–C) groups is 1. The van der Waals surface area contributed by atoms with Crippen molar-refractivity contribution < 1.29 is 0 Å². The lowest BCUT2D eigenvalue weighted by Gasteiger charge is -2.22. The summed E-state index contributed by atoms with van der Waals surface area (Å²) in [7, 11) is 0. The van der Waals surface area contributed by atoms with Crippen LogP contribution in [0.2, 0.25) is 0 Å². The maximum absolute atomic E-state index is 4.73. The van der Waals surface area contributed by atoms with Crippen molar-refractivity contribution in [3.05, 3.63) is 59.9 Å². The van der Waals surface area contributed by atoms with Crippen molar-refractivity contribution >= 4 is 35.6 Å². The summed E-state index contributed by atoms with van der Waals surface area (Å²) < 4.78 is 0. The van der Waals surface area contributed by atoms with E-state index in [2.05, 4.69) is 46.4 Å². The van der Waals surface area contributed by atoms with Crippen molar-refractivity contribution in [3.8, 4) is 0 Å². The Labute approximate surface area is 148 Å². The number of hydrogen-bond donors (Lipinski definition) is 1. The number of nitrogens with one attached hydrogen (secondary N) is 1. The largest absolute Gasteiger partial charge is 0.356 e. The number of fused-ring (bicyclic) bond motifs is 1. The fraction of sp³-hybridized carbons (Fsp3) is 0.294. The van der Waals surface area contributed by atoms with Gasteiger partial charge >= 0.3 is 0 Å². The highest BCUT2D eigenvalue weighted by atomic mass is 127. The van der Waals surface area contributed by atoms with Crippen LogP contribution in [0.25, 0.3) is 0 Å². The van der Waals surface area contributed by atoms with Crippen LogP contribution in [0.4, 0.5) is 5.69 Å². The summed E-state index contributed by atoms with van der Waals surface area (Å²) in [5, 5.41) is 3.38. The fourth-order valence-electron chi connectivity index (χ4n) is 2.60. The highest BCUT2D eigenvalue weighted by molar-refractivity contribution is 14.0. The van der Waals surface area contributed by atoms with Crippen LogP contribution >= 0.6 is 24.0 Å². The number of pyridine rings is 1. The van der Waals surface area contributed by atoms with E-state index in [1.165, 1.54) is 11.3 Å². The number of hydrogen-bond acceptors (Lipinski definition) is 2. The molecule has 0 saturated carbocycles. The second-order valence-corrected chi connectivity index (χ2v) is 5.02. The van der Waals surface area contributed by atoms with Gasteiger partial charge in [-0.1, -0.05) is 24.3 Å². The Balaban J connectivity index is 0.00000176. The van der Waals surface area contributed by atoms with Gasteiger partial charge in [0.1, 0.15) is 0 Å². The molecule has 116 valence electrons. The summed E-state index contributed by atoms with van der Waals surface area (Å²) >= 11 is 0. The highest BCUT2D eigenvalue weighted by Gasteiger charge is 2.22. The topological polar surface area (TPSA) is 40.5 Å². The molecule has 4 nitrogen and oxygen atoms in total. The Morgan fingerprint density at radius 3 is 2.82 bits per heavy atom. The average Bonchev–Trinajstić information content (AvgIpc) is 2.96. The van der Waals surface area contributed by atoms with E-state index in [0.717, 1.165) is 31.2 Å². The molecule has 1 N–H and O–H groups in total. The SMILES string of the molecule is CCNC(=NCc1ccccn1)N1CCc2ccccc21.I. The standard InChI is InChI=1S/C17H20N4.HI/c1-2-18-17(20-13-15-8-5-6-11-19-15)21-12-10-14-7-3-4-9-16(14)21;/h3-9,11H,2,10,12-13H2,1H3,(H,18,20);1H. The third-order valence-corrected chi connectivity index (χ3v) is 3.59. The number of rotatable bonds is 3. The number of halogens is 1. The first-order chi connectivity index (χ1) is 10.4. The van der Waals surface area contributed by atoms with Crippen LogP contribution in [0.3, 0.4) is 0 Å². The number of para-hydroxylation sites is 1. The van der Waals surface area contributed by atoms with E-state index in [4.69, 9.17) is 4.99 Å². The molecule has 5 heteroatoms. The lowest BCUT2D eigenvalue weighted by molar-refractivity contribution is 0.874. The summed E-state index contributed by atoms with van der Waals surface area (Å²) in [4.78, 5) is 11.3. The molecule has 2 heterocycles. The van der Waals surface area contributed by atoms with Gasteiger partial charge in [0.2, 0.25) is 0 Å². The van der Waals surface area contributed by atoms with Crippen molar-refractivity contribution in [2.24, 2.45) is 4.99 Å². The molecule has 1 aromatic heterocycles. The van der Waals surface area contributed by atoms with Crippen molar-refractivity contribution in [1.29, 1.82) is 0 Å². The van der Waals surface area contributed by atoms with Gasteiger partial charge in [0, 0.05) is 25.0 Å². The van der Waals surface area contributed by atoms with Gasteiger partial charge in [-0.05, 0) is 37.1 Å². The predicted octanol–water partition coefficient (Wildman–Crippen LogP) is 3.23. The molecule has 0 amide bonds. The van der Waals surface area contributed by atoms with Crippen LogP contribution in [-0.4, -0.2) is 24.0 Å². The molecule has 2 aromatic rings. The lowest BCUT2D eigenvalue weighted by atomic mass is 10.2. The summed E-state index contributed by atoms with van der Waals surface area (Å²) in [6, 6.07) is 14.5. The second-order valence-electron chi connectivity index (χ2n) is 5.02. The molecule has 0 atom stereocenters. The smallest absolute Gasteiger partial charge is 0.198 e. The maximum Gasteiger partial charge on any atom is 0.198 e. The summed E-state index contributed by atoms with van der Waals surface area (Å²) in [6.07, 6.45) is 2.88. The zero-order valence-corrected chi connectivity index (χ0v) is 15.0. The summed E-state index contributed by atoms with van der Waals surface area (Å²) in [5.41, 5.74) is 3.64. The van der Waals surface area contributed by atoms with Crippen LogP contribution in [-0.2, 0) is 13.0 Å². The molecule has 1 aliphatic heterocycles. The quantitative estimate of drug-likeness (QED) is 0.482. The van der Waals surface area contributed by atoms with Crippen LogP contribution in [0.5, 0.6) is 0 Å². The molecule has 0 unspecified atom stereocenters. The molecule has 0 fully saturated rings. The Morgan fingerprint density at radius 2 is 2.05 bits per heavy atom. The van der Waals surface area contributed by atoms with E-state index in [9.17, 15) is 0 Å². The average molecular weight is 408 g/mol. The van der Waals surface area contributed by atoms with Crippen molar-refractivity contribution in [1.82, 2.24) is 10.3 Å². The fourth-order valence-corrected chi connectivity index (χ4v) is 2.60. The minimum atomic E-state index is 0. The Morgan fingerprint density at radius 1 is 1.23 bits per heavy atom. The van der Waals surface area contributed by atoms with Crippen LogP contribution < -0.4 is 10.2 Å².